The second kappa shape index (κ2) is 9.26. The van der Waals surface area contributed by atoms with Crippen molar-refractivity contribution in [2.45, 2.75) is 31.8 Å². The van der Waals surface area contributed by atoms with Crippen LogP contribution in [0.4, 0.5) is 11.8 Å². The average Bonchev–Trinajstić information content (AvgIpc) is 3.54. The first-order chi connectivity index (χ1) is 14.1. The van der Waals surface area contributed by atoms with Gasteiger partial charge in [0.05, 0.1) is 6.10 Å². The summed E-state index contributed by atoms with van der Waals surface area (Å²) < 4.78 is 5.75. The highest BCUT2D eigenvalue weighted by Gasteiger charge is 2.31. The Hall–Kier alpha value is -1.93. The Labute approximate surface area is 173 Å². The molecule has 0 unspecified atom stereocenters. The summed E-state index contributed by atoms with van der Waals surface area (Å²) in [4.78, 5) is 27.7. The van der Waals surface area contributed by atoms with E-state index in [1.807, 2.05) is 30.0 Å². The van der Waals surface area contributed by atoms with Crippen molar-refractivity contribution in [3.8, 4) is 0 Å². The van der Waals surface area contributed by atoms with Crippen molar-refractivity contribution in [1.82, 2.24) is 19.8 Å². The number of amides is 1. The van der Waals surface area contributed by atoms with Crippen LogP contribution in [0.2, 0.25) is 0 Å². The molecule has 160 valence electrons. The van der Waals surface area contributed by atoms with E-state index in [2.05, 4.69) is 20.2 Å². The fourth-order valence-corrected chi connectivity index (χ4v) is 4.20. The standard InChI is InChI=1S/C21H34N6O2/c1-25(2)19-5-8-22-21(24-19)23-11-18-14-27(20(28)15-29-18)13-17-6-9-26(10-7-17)12-16-3-4-16/h5,8,16-18H,3-4,6-7,9-15H2,1-2H3,(H,22,23,24)/t18-/m0/s1. The molecule has 1 aromatic heterocycles. The number of morpholine rings is 1. The van der Waals surface area contributed by atoms with Gasteiger partial charge in [-0.05, 0) is 56.7 Å². The van der Waals surface area contributed by atoms with Crippen LogP contribution in [-0.2, 0) is 9.53 Å². The molecule has 8 nitrogen and oxygen atoms in total. The zero-order chi connectivity index (χ0) is 20.2. The number of carbonyl (C=O) groups excluding carboxylic acids is 1. The normalized spacial score (nSPS) is 24.0. The van der Waals surface area contributed by atoms with Gasteiger partial charge in [-0.2, -0.15) is 4.98 Å². The molecule has 2 aliphatic heterocycles. The van der Waals surface area contributed by atoms with Crippen LogP contribution in [0, 0.1) is 11.8 Å². The smallest absolute Gasteiger partial charge is 0.248 e. The lowest BCUT2D eigenvalue weighted by Crippen LogP contribution is -2.51. The molecule has 1 N–H and O–H groups in total. The van der Waals surface area contributed by atoms with Gasteiger partial charge in [-0.1, -0.05) is 0 Å². The van der Waals surface area contributed by atoms with Crippen LogP contribution < -0.4 is 10.2 Å². The summed E-state index contributed by atoms with van der Waals surface area (Å²) in [6.07, 6.45) is 6.95. The first-order valence-corrected chi connectivity index (χ1v) is 10.9. The van der Waals surface area contributed by atoms with Gasteiger partial charge in [0.2, 0.25) is 11.9 Å². The number of rotatable bonds is 8. The number of aromatic nitrogens is 2. The van der Waals surface area contributed by atoms with Crippen LogP contribution in [-0.4, -0.2) is 91.7 Å². The third kappa shape index (κ3) is 5.79. The molecular formula is C21H34N6O2. The molecule has 1 saturated carbocycles. The summed E-state index contributed by atoms with van der Waals surface area (Å²) in [5, 5.41) is 3.26. The Balaban J connectivity index is 1.23. The molecule has 1 aromatic rings. The van der Waals surface area contributed by atoms with Crippen molar-refractivity contribution >= 4 is 17.7 Å². The molecule has 0 spiro atoms. The van der Waals surface area contributed by atoms with Crippen molar-refractivity contribution < 1.29 is 9.53 Å². The highest BCUT2D eigenvalue weighted by molar-refractivity contribution is 5.78. The minimum Gasteiger partial charge on any atom is -0.365 e. The minimum atomic E-state index is -0.0331. The molecule has 0 radical (unpaired) electrons. The predicted octanol–water partition coefficient (Wildman–Crippen LogP) is 1.30. The van der Waals surface area contributed by atoms with Crippen LogP contribution in [0.5, 0.6) is 0 Å². The molecule has 4 rings (SSSR count). The highest BCUT2D eigenvalue weighted by atomic mass is 16.5. The summed E-state index contributed by atoms with van der Waals surface area (Å²) in [6, 6.07) is 1.87. The van der Waals surface area contributed by atoms with Gasteiger partial charge in [-0.25, -0.2) is 4.98 Å². The summed E-state index contributed by atoms with van der Waals surface area (Å²) in [5.41, 5.74) is 0. The summed E-state index contributed by atoms with van der Waals surface area (Å²) in [5.74, 6) is 3.14. The van der Waals surface area contributed by atoms with E-state index in [9.17, 15) is 4.79 Å². The van der Waals surface area contributed by atoms with E-state index >= 15 is 0 Å². The van der Waals surface area contributed by atoms with Crippen LogP contribution >= 0.6 is 0 Å². The van der Waals surface area contributed by atoms with Crippen molar-refractivity contribution in [3.63, 3.8) is 0 Å². The van der Waals surface area contributed by atoms with Crippen molar-refractivity contribution in [2.24, 2.45) is 11.8 Å². The van der Waals surface area contributed by atoms with Crippen molar-refractivity contribution in [3.05, 3.63) is 12.3 Å². The number of nitrogens with one attached hydrogen (secondary N) is 1. The molecule has 3 aliphatic rings. The van der Waals surface area contributed by atoms with Gasteiger partial charge in [-0.15, -0.1) is 0 Å². The van der Waals surface area contributed by atoms with Crippen LogP contribution in [0.15, 0.2) is 12.3 Å². The highest BCUT2D eigenvalue weighted by Crippen LogP contribution is 2.31. The molecular weight excluding hydrogens is 368 g/mol. The average molecular weight is 403 g/mol. The van der Waals surface area contributed by atoms with Gasteiger partial charge in [0.15, 0.2) is 0 Å². The fourth-order valence-electron chi connectivity index (χ4n) is 4.20. The SMILES string of the molecule is CN(C)c1ccnc(NC[C@H]2CN(CC3CCN(CC4CC4)CC3)C(=O)CO2)n1. The topological polar surface area (TPSA) is 73.8 Å². The zero-order valence-electron chi connectivity index (χ0n) is 17.7. The number of ether oxygens (including phenoxy) is 1. The Kier molecular flexibility index (Phi) is 6.50. The minimum absolute atomic E-state index is 0.0331. The third-order valence-electron chi connectivity index (χ3n) is 6.21. The number of hydrogen-bond acceptors (Lipinski definition) is 7. The molecule has 8 heteroatoms. The maximum absolute atomic E-state index is 12.4. The number of nitrogens with zero attached hydrogens (tertiary/aromatic N) is 5. The number of piperidine rings is 1. The largest absolute Gasteiger partial charge is 0.365 e. The Morgan fingerprint density at radius 1 is 1.17 bits per heavy atom. The van der Waals surface area contributed by atoms with Crippen LogP contribution in [0.1, 0.15) is 25.7 Å². The second-order valence-electron chi connectivity index (χ2n) is 8.93. The second-order valence-corrected chi connectivity index (χ2v) is 8.93. The number of hydrogen-bond donors (Lipinski definition) is 1. The fraction of sp³-hybridized carbons (Fsp3) is 0.762. The molecule has 3 heterocycles. The van der Waals surface area contributed by atoms with Gasteiger partial charge in [0, 0.05) is 46.5 Å². The van der Waals surface area contributed by atoms with E-state index in [0.29, 0.717) is 25.0 Å². The lowest BCUT2D eigenvalue weighted by molar-refractivity contribution is -0.149. The maximum Gasteiger partial charge on any atom is 0.248 e. The first kappa shape index (κ1) is 20.3. The van der Waals surface area contributed by atoms with Gasteiger partial charge < -0.3 is 24.8 Å². The van der Waals surface area contributed by atoms with Gasteiger partial charge in [-0.3, -0.25) is 4.79 Å². The Morgan fingerprint density at radius 3 is 2.66 bits per heavy atom. The van der Waals surface area contributed by atoms with E-state index in [-0.39, 0.29) is 18.6 Å². The molecule has 1 atom stereocenters. The first-order valence-electron chi connectivity index (χ1n) is 10.9. The maximum atomic E-state index is 12.4. The van der Waals surface area contributed by atoms with Gasteiger partial charge in [0.25, 0.3) is 0 Å². The molecule has 3 fully saturated rings. The zero-order valence-corrected chi connectivity index (χ0v) is 17.7. The molecule has 1 amide bonds. The summed E-state index contributed by atoms with van der Waals surface area (Å²) >= 11 is 0. The summed E-state index contributed by atoms with van der Waals surface area (Å²) in [7, 11) is 3.91. The van der Waals surface area contributed by atoms with E-state index in [1.54, 1.807) is 6.20 Å². The number of likely N-dealkylation sites (tertiary alicyclic amines) is 1. The predicted molar refractivity (Wildman–Crippen MR) is 113 cm³/mol. The molecule has 0 bridgehead atoms. The molecule has 1 aliphatic carbocycles. The molecule has 2 saturated heterocycles. The van der Waals surface area contributed by atoms with Crippen LogP contribution in [0.25, 0.3) is 0 Å². The number of carbonyl (C=O) groups is 1. The van der Waals surface area contributed by atoms with Crippen molar-refractivity contribution in [1.29, 1.82) is 0 Å². The quantitative estimate of drug-likeness (QED) is 0.703. The van der Waals surface area contributed by atoms with Gasteiger partial charge >= 0.3 is 0 Å². The molecule has 29 heavy (non-hydrogen) atoms. The third-order valence-corrected chi connectivity index (χ3v) is 6.21. The monoisotopic (exact) mass is 402 g/mol. The summed E-state index contributed by atoms with van der Waals surface area (Å²) in [6.45, 7) is 5.93. The van der Waals surface area contributed by atoms with Crippen molar-refractivity contribution in [2.75, 3.05) is 70.2 Å². The van der Waals surface area contributed by atoms with Gasteiger partial charge in [0.1, 0.15) is 12.4 Å². The van der Waals surface area contributed by atoms with E-state index < -0.39 is 0 Å². The number of anilines is 2. The Morgan fingerprint density at radius 2 is 1.93 bits per heavy atom. The molecule has 0 aromatic carbocycles. The Bertz CT molecular complexity index is 688. The lowest BCUT2D eigenvalue weighted by Gasteiger charge is -2.38. The van der Waals surface area contributed by atoms with E-state index in [0.717, 1.165) is 18.3 Å². The van der Waals surface area contributed by atoms with E-state index in [1.165, 1.54) is 45.3 Å². The van der Waals surface area contributed by atoms with E-state index in [4.69, 9.17) is 4.74 Å². The lowest BCUT2D eigenvalue weighted by atomic mass is 9.95. The van der Waals surface area contributed by atoms with Crippen LogP contribution in [0.3, 0.4) is 0 Å².